The van der Waals surface area contributed by atoms with Crippen molar-refractivity contribution in [2.75, 3.05) is 13.6 Å². The summed E-state index contributed by atoms with van der Waals surface area (Å²) in [6.07, 6.45) is 6.26. The van der Waals surface area contributed by atoms with E-state index in [4.69, 9.17) is 0 Å². The first-order chi connectivity index (χ1) is 9.17. The molecule has 19 heavy (non-hydrogen) atoms. The van der Waals surface area contributed by atoms with E-state index in [1.54, 1.807) is 0 Å². The Kier molecular flexibility index (Phi) is 4.74. The van der Waals surface area contributed by atoms with Gasteiger partial charge in [-0.15, -0.1) is 0 Å². The molecule has 2 aromatic rings. The Morgan fingerprint density at radius 2 is 1.84 bits per heavy atom. The van der Waals surface area contributed by atoms with Crippen LogP contribution in [0, 0.1) is 12.8 Å². The van der Waals surface area contributed by atoms with Gasteiger partial charge in [-0.05, 0) is 50.4 Å². The Morgan fingerprint density at radius 1 is 1.16 bits per heavy atom. The molecule has 1 aromatic heterocycles. The van der Waals surface area contributed by atoms with Crippen LogP contribution in [0.4, 0.5) is 0 Å². The second-order valence-electron chi connectivity index (χ2n) is 5.34. The predicted molar refractivity (Wildman–Crippen MR) is 79.2 cm³/mol. The third kappa shape index (κ3) is 4.21. The highest BCUT2D eigenvalue weighted by atomic mass is 15.2. The van der Waals surface area contributed by atoms with E-state index in [0.29, 0.717) is 5.92 Å². The average Bonchev–Trinajstić information content (AvgIpc) is 2.78. The molecule has 0 spiro atoms. The Balaban J connectivity index is 2.01. The van der Waals surface area contributed by atoms with Crippen molar-refractivity contribution in [3.05, 3.63) is 53.3 Å². The first-order valence-corrected chi connectivity index (χ1v) is 6.85. The van der Waals surface area contributed by atoms with Gasteiger partial charge in [-0.2, -0.15) is 5.10 Å². The van der Waals surface area contributed by atoms with Gasteiger partial charge in [0.2, 0.25) is 0 Å². The van der Waals surface area contributed by atoms with Gasteiger partial charge in [0.25, 0.3) is 0 Å². The number of benzene rings is 1. The van der Waals surface area contributed by atoms with Gasteiger partial charge < -0.3 is 5.32 Å². The molecule has 0 radical (unpaired) electrons. The maximum absolute atomic E-state index is 4.24. The lowest BCUT2D eigenvalue weighted by atomic mass is 9.93. The summed E-state index contributed by atoms with van der Waals surface area (Å²) in [6.45, 7) is 3.16. The van der Waals surface area contributed by atoms with Crippen LogP contribution in [-0.4, -0.2) is 23.4 Å². The van der Waals surface area contributed by atoms with E-state index in [1.807, 2.05) is 25.0 Å². The molecule has 1 unspecified atom stereocenters. The molecule has 1 heterocycles. The summed E-state index contributed by atoms with van der Waals surface area (Å²) >= 11 is 0. The lowest BCUT2D eigenvalue weighted by Gasteiger charge is -2.16. The summed E-state index contributed by atoms with van der Waals surface area (Å²) in [4.78, 5) is 0. The first-order valence-electron chi connectivity index (χ1n) is 6.85. The van der Waals surface area contributed by atoms with Gasteiger partial charge in [-0.1, -0.05) is 29.8 Å². The van der Waals surface area contributed by atoms with Crippen molar-refractivity contribution >= 4 is 0 Å². The van der Waals surface area contributed by atoms with Crippen molar-refractivity contribution in [2.24, 2.45) is 13.0 Å². The minimum absolute atomic E-state index is 0.608. The summed E-state index contributed by atoms with van der Waals surface area (Å²) < 4.78 is 1.87. The number of nitrogens with one attached hydrogen (secondary N) is 1. The van der Waals surface area contributed by atoms with Gasteiger partial charge in [-0.3, -0.25) is 4.68 Å². The second kappa shape index (κ2) is 6.53. The zero-order chi connectivity index (χ0) is 13.7. The predicted octanol–water partition coefficient (Wildman–Crippen LogP) is 2.35. The van der Waals surface area contributed by atoms with Crippen LogP contribution in [0.1, 0.15) is 16.7 Å². The van der Waals surface area contributed by atoms with Crippen LogP contribution in [0.2, 0.25) is 0 Å². The van der Waals surface area contributed by atoms with Crippen LogP contribution >= 0.6 is 0 Å². The van der Waals surface area contributed by atoms with Crippen molar-refractivity contribution in [2.45, 2.75) is 19.8 Å². The molecular weight excluding hydrogens is 234 g/mol. The highest BCUT2D eigenvalue weighted by Gasteiger charge is 2.11. The van der Waals surface area contributed by atoms with E-state index in [1.165, 1.54) is 16.7 Å². The van der Waals surface area contributed by atoms with E-state index < -0.39 is 0 Å². The van der Waals surface area contributed by atoms with E-state index in [-0.39, 0.29) is 0 Å². The van der Waals surface area contributed by atoms with Crippen molar-refractivity contribution in [3.8, 4) is 0 Å². The first kappa shape index (κ1) is 13.8. The van der Waals surface area contributed by atoms with E-state index in [2.05, 4.69) is 47.8 Å². The maximum atomic E-state index is 4.24. The zero-order valence-electron chi connectivity index (χ0n) is 12.1. The SMILES string of the molecule is CNCC(Cc1ccc(C)cc1)Cc1cnn(C)c1. The Bertz CT molecular complexity index is 499. The third-order valence-corrected chi connectivity index (χ3v) is 3.42. The van der Waals surface area contributed by atoms with E-state index >= 15 is 0 Å². The molecule has 0 amide bonds. The van der Waals surface area contributed by atoms with Crippen LogP contribution in [0.5, 0.6) is 0 Å². The van der Waals surface area contributed by atoms with Crippen LogP contribution in [0.15, 0.2) is 36.7 Å². The summed E-state index contributed by atoms with van der Waals surface area (Å²) in [5.74, 6) is 0.608. The topological polar surface area (TPSA) is 29.9 Å². The van der Waals surface area contributed by atoms with Crippen molar-refractivity contribution in [3.63, 3.8) is 0 Å². The molecule has 102 valence electrons. The van der Waals surface area contributed by atoms with Gasteiger partial charge in [-0.25, -0.2) is 0 Å². The number of nitrogens with zero attached hydrogens (tertiary/aromatic N) is 2. The van der Waals surface area contributed by atoms with Gasteiger partial charge in [0.15, 0.2) is 0 Å². The molecule has 3 nitrogen and oxygen atoms in total. The molecule has 0 saturated heterocycles. The number of hydrogen-bond acceptors (Lipinski definition) is 2. The van der Waals surface area contributed by atoms with Crippen LogP contribution in [-0.2, 0) is 19.9 Å². The van der Waals surface area contributed by atoms with Gasteiger partial charge in [0.05, 0.1) is 6.20 Å². The number of aromatic nitrogens is 2. The minimum atomic E-state index is 0.608. The van der Waals surface area contributed by atoms with Crippen LogP contribution in [0.25, 0.3) is 0 Å². The Labute approximate surface area is 115 Å². The third-order valence-electron chi connectivity index (χ3n) is 3.42. The number of hydrogen-bond donors (Lipinski definition) is 1. The zero-order valence-corrected chi connectivity index (χ0v) is 12.1. The van der Waals surface area contributed by atoms with E-state index in [0.717, 1.165) is 19.4 Å². The molecule has 1 N–H and O–H groups in total. The number of rotatable bonds is 6. The van der Waals surface area contributed by atoms with Gasteiger partial charge in [0.1, 0.15) is 0 Å². The minimum Gasteiger partial charge on any atom is -0.319 e. The number of aryl methyl sites for hydroxylation is 2. The normalized spacial score (nSPS) is 12.6. The standard InChI is InChI=1S/C16H23N3/c1-13-4-6-14(7-5-13)8-15(10-17-2)9-16-11-18-19(3)12-16/h4-7,11-12,15,17H,8-10H2,1-3H3. The molecule has 3 heteroatoms. The molecular formula is C16H23N3. The van der Waals surface area contributed by atoms with Gasteiger partial charge >= 0.3 is 0 Å². The van der Waals surface area contributed by atoms with E-state index in [9.17, 15) is 0 Å². The monoisotopic (exact) mass is 257 g/mol. The smallest absolute Gasteiger partial charge is 0.0521 e. The molecule has 0 bridgehead atoms. The molecule has 0 saturated carbocycles. The Morgan fingerprint density at radius 3 is 2.42 bits per heavy atom. The summed E-state index contributed by atoms with van der Waals surface area (Å²) in [5, 5.41) is 7.54. The van der Waals surface area contributed by atoms with Crippen molar-refractivity contribution < 1.29 is 0 Å². The summed E-state index contributed by atoms with van der Waals surface area (Å²) in [7, 11) is 3.99. The largest absolute Gasteiger partial charge is 0.319 e. The molecule has 1 atom stereocenters. The van der Waals surface area contributed by atoms with Crippen LogP contribution in [0.3, 0.4) is 0 Å². The van der Waals surface area contributed by atoms with Crippen molar-refractivity contribution in [1.82, 2.24) is 15.1 Å². The molecule has 0 fully saturated rings. The molecule has 2 rings (SSSR count). The molecule has 0 aliphatic heterocycles. The van der Waals surface area contributed by atoms with Crippen LogP contribution < -0.4 is 5.32 Å². The fourth-order valence-corrected chi connectivity index (χ4v) is 2.47. The second-order valence-corrected chi connectivity index (χ2v) is 5.34. The van der Waals surface area contributed by atoms with Crippen molar-refractivity contribution in [1.29, 1.82) is 0 Å². The lowest BCUT2D eigenvalue weighted by Crippen LogP contribution is -2.22. The molecule has 0 aliphatic carbocycles. The Hall–Kier alpha value is -1.61. The summed E-state index contributed by atoms with van der Waals surface area (Å²) in [5.41, 5.74) is 4.05. The molecule has 1 aromatic carbocycles. The van der Waals surface area contributed by atoms with Gasteiger partial charge in [0, 0.05) is 13.2 Å². The maximum Gasteiger partial charge on any atom is 0.0521 e. The molecule has 0 aliphatic rings. The average molecular weight is 257 g/mol. The fraction of sp³-hybridized carbons (Fsp3) is 0.438. The highest BCUT2D eigenvalue weighted by Crippen LogP contribution is 2.14. The lowest BCUT2D eigenvalue weighted by molar-refractivity contribution is 0.493. The fourth-order valence-electron chi connectivity index (χ4n) is 2.47. The summed E-state index contributed by atoms with van der Waals surface area (Å²) in [6, 6.07) is 8.86. The highest BCUT2D eigenvalue weighted by molar-refractivity contribution is 5.22. The quantitative estimate of drug-likeness (QED) is 0.861.